The number of rotatable bonds is 4. The van der Waals surface area contributed by atoms with Crippen LogP contribution in [0.3, 0.4) is 0 Å². The molecular formula is C18H18FNO3. The molecular weight excluding hydrogens is 297 g/mol. The molecule has 0 aliphatic rings. The summed E-state index contributed by atoms with van der Waals surface area (Å²) in [6, 6.07) is 11.1. The molecule has 4 nitrogen and oxygen atoms in total. The van der Waals surface area contributed by atoms with Gasteiger partial charge in [0, 0.05) is 5.69 Å². The molecule has 1 amide bonds. The minimum atomic E-state index is -1.04. The van der Waals surface area contributed by atoms with Crippen LogP contribution in [-0.2, 0) is 9.53 Å². The van der Waals surface area contributed by atoms with Gasteiger partial charge in [0.25, 0.3) is 5.91 Å². The molecule has 1 atom stereocenters. The normalized spacial score (nSPS) is 11.7. The molecule has 0 aliphatic carbocycles. The Kier molecular flexibility index (Phi) is 5.11. The van der Waals surface area contributed by atoms with Crippen LogP contribution in [0.15, 0.2) is 42.5 Å². The number of hydrogen-bond acceptors (Lipinski definition) is 3. The SMILES string of the molecule is Cc1cccc(C)c1NC(=O)[C@@H](C)OC(=O)c1ccccc1F. The zero-order valence-corrected chi connectivity index (χ0v) is 13.2. The predicted octanol–water partition coefficient (Wildman–Crippen LogP) is 3.63. The predicted molar refractivity (Wildman–Crippen MR) is 85.8 cm³/mol. The van der Waals surface area contributed by atoms with Crippen LogP contribution in [-0.4, -0.2) is 18.0 Å². The number of hydrogen-bond donors (Lipinski definition) is 1. The molecule has 0 aromatic heterocycles. The smallest absolute Gasteiger partial charge is 0.341 e. The Morgan fingerprint density at radius 3 is 2.26 bits per heavy atom. The average molecular weight is 315 g/mol. The second kappa shape index (κ2) is 7.05. The first-order valence-electron chi connectivity index (χ1n) is 7.22. The highest BCUT2D eigenvalue weighted by atomic mass is 19.1. The summed E-state index contributed by atoms with van der Waals surface area (Å²) in [5.41, 5.74) is 2.31. The summed E-state index contributed by atoms with van der Waals surface area (Å²) in [7, 11) is 0. The lowest BCUT2D eigenvalue weighted by Gasteiger charge is -2.16. The number of para-hydroxylation sites is 1. The van der Waals surface area contributed by atoms with Crippen molar-refractivity contribution < 1.29 is 18.7 Å². The zero-order chi connectivity index (χ0) is 17.0. The third-order valence-electron chi connectivity index (χ3n) is 3.48. The molecule has 120 valence electrons. The van der Waals surface area contributed by atoms with E-state index in [9.17, 15) is 14.0 Å². The van der Waals surface area contributed by atoms with Crippen LogP contribution in [0.2, 0.25) is 0 Å². The summed E-state index contributed by atoms with van der Waals surface area (Å²) in [4.78, 5) is 24.1. The molecule has 2 aromatic carbocycles. The van der Waals surface area contributed by atoms with E-state index in [4.69, 9.17) is 4.74 Å². The molecule has 0 bridgehead atoms. The third kappa shape index (κ3) is 3.94. The second-order valence-electron chi connectivity index (χ2n) is 5.28. The monoisotopic (exact) mass is 315 g/mol. The fourth-order valence-electron chi connectivity index (χ4n) is 2.14. The minimum Gasteiger partial charge on any atom is -0.449 e. The van der Waals surface area contributed by atoms with E-state index < -0.39 is 23.8 Å². The fraction of sp³-hybridized carbons (Fsp3) is 0.222. The minimum absolute atomic E-state index is 0.195. The quantitative estimate of drug-likeness (QED) is 0.877. The van der Waals surface area contributed by atoms with Crippen molar-refractivity contribution in [3.63, 3.8) is 0 Å². The summed E-state index contributed by atoms with van der Waals surface area (Å²) < 4.78 is 18.6. The second-order valence-corrected chi connectivity index (χ2v) is 5.28. The van der Waals surface area contributed by atoms with Crippen LogP contribution in [0, 0.1) is 19.7 Å². The molecule has 2 aromatic rings. The summed E-state index contributed by atoms with van der Waals surface area (Å²) in [5, 5.41) is 2.74. The molecule has 0 aliphatic heterocycles. The molecule has 0 heterocycles. The van der Waals surface area contributed by atoms with Crippen molar-refractivity contribution >= 4 is 17.6 Å². The van der Waals surface area contributed by atoms with E-state index in [-0.39, 0.29) is 5.56 Å². The summed E-state index contributed by atoms with van der Waals surface area (Å²) >= 11 is 0. The van der Waals surface area contributed by atoms with E-state index in [2.05, 4.69) is 5.32 Å². The van der Waals surface area contributed by atoms with E-state index in [0.717, 1.165) is 17.2 Å². The number of benzene rings is 2. The van der Waals surface area contributed by atoms with Gasteiger partial charge >= 0.3 is 5.97 Å². The lowest BCUT2D eigenvalue weighted by atomic mass is 10.1. The van der Waals surface area contributed by atoms with Crippen molar-refractivity contribution in [3.8, 4) is 0 Å². The Labute approximate surface area is 134 Å². The number of halogens is 1. The highest BCUT2D eigenvalue weighted by Gasteiger charge is 2.21. The van der Waals surface area contributed by atoms with Crippen LogP contribution in [0.1, 0.15) is 28.4 Å². The third-order valence-corrected chi connectivity index (χ3v) is 3.48. The molecule has 1 N–H and O–H groups in total. The van der Waals surface area contributed by atoms with E-state index in [0.29, 0.717) is 5.69 Å². The Hall–Kier alpha value is -2.69. The van der Waals surface area contributed by atoms with Crippen LogP contribution in [0.4, 0.5) is 10.1 Å². The first-order valence-corrected chi connectivity index (χ1v) is 7.22. The molecule has 0 spiro atoms. The number of carbonyl (C=O) groups excluding carboxylic acids is 2. The van der Waals surface area contributed by atoms with Gasteiger partial charge in [0.1, 0.15) is 5.82 Å². The number of amides is 1. The fourth-order valence-corrected chi connectivity index (χ4v) is 2.14. The molecule has 5 heteroatoms. The van der Waals surface area contributed by atoms with E-state index in [1.165, 1.54) is 25.1 Å². The number of anilines is 1. The van der Waals surface area contributed by atoms with E-state index in [1.807, 2.05) is 32.0 Å². The van der Waals surface area contributed by atoms with Gasteiger partial charge in [-0.15, -0.1) is 0 Å². The number of esters is 1. The Morgan fingerprint density at radius 1 is 1.04 bits per heavy atom. The lowest BCUT2D eigenvalue weighted by molar-refractivity contribution is -0.123. The van der Waals surface area contributed by atoms with Crippen LogP contribution >= 0.6 is 0 Å². The van der Waals surface area contributed by atoms with Gasteiger partial charge in [-0.1, -0.05) is 30.3 Å². The van der Waals surface area contributed by atoms with E-state index in [1.54, 1.807) is 0 Å². The van der Waals surface area contributed by atoms with Gasteiger partial charge in [-0.25, -0.2) is 9.18 Å². The van der Waals surface area contributed by atoms with Crippen LogP contribution < -0.4 is 5.32 Å². The first-order chi connectivity index (χ1) is 10.9. The zero-order valence-electron chi connectivity index (χ0n) is 13.2. The average Bonchev–Trinajstić information content (AvgIpc) is 2.51. The highest BCUT2D eigenvalue weighted by Crippen LogP contribution is 2.20. The van der Waals surface area contributed by atoms with Gasteiger partial charge in [-0.05, 0) is 44.0 Å². The van der Waals surface area contributed by atoms with E-state index >= 15 is 0 Å². The van der Waals surface area contributed by atoms with Crippen molar-refractivity contribution in [1.82, 2.24) is 0 Å². The summed E-state index contributed by atoms with van der Waals surface area (Å²) in [6.07, 6.45) is -1.04. The number of carbonyl (C=O) groups is 2. The van der Waals surface area contributed by atoms with Gasteiger partial charge in [0.15, 0.2) is 6.10 Å². The molecule has 2 rings (SSSR count). The Morgan fingerprint density at radius 2 is 1.65 bits per heavy atom. The van der Waals surface area contributed by atoms with Crippen molar-refractivity contribution in [1.29, 1.82) is 0 Å². The van der Waals surface area contributed by atoms with Gasteiger partial charge in [-0.3, -0.25) is 4.79 Å². The standard InChI is InChI=1S/C18H18FNO3/c1-11-7-6-8-12(2)16(11)20-17(21)13(3)23-18(22)14-9-4-5-10-15(14)19/h4-10,13H,1-3H3,(H,20,21)/t13-/m1/s1. The topological polar surface area (TPSA) is 55.4 Å². The molecule has 0 saturated carbocycles. The van der Waals surface area contributed by atoms with Crippen molar-refractivity contribution in [3.05, 3.63) is 65.0 Å². The summed E-state index contributed by atoms with van der Waals surface area (Å²) in [6.45, 7) is 5.19. The van der Waals surface area contributed by atoms with Crippen LogP contribution in [0.5, 0.6) is 0 Å². The highest BCUT2D eigenvalue weighted by molar-refractivity contribution is 5.98. The first kappa shape index (κ1) is 16.7. The number of aryl methyl sites for hydroxylation is 2. The van der Waals surface area contributed by atoms with Crippen molar-refractivity contribution in [2.24, 2.45) is 0 Å². The van der Waals surface area contributed by atoms with Gasteiger partial charge < -0.3 is 10.1 Å². The van der Waals surface area contributed by atoms with Crippen molar-refractivity contribution in [2.75, 3.05) is 5.32 Å². The Balaban J connectivity index is 2.06. The Bertz CT molecular complexity index is 723. The van der Waals surface area contributed by atoms with Gasteiger partial charge in [0.2, 0.25) is 0 Å². The maximum absolute atomic E-state index is 13.5. The maximum atomic E-state index is 13.5. The maximum Gasteiger partial charge on any atom is 0.341 e. The molecule has 0 unspecified atom stereocenters. The summed E-state index contributed by atoms with van der Waals surface area (Å²) in [5.74, 6) is -2.01. The number of ether oxygens (including phenoxy) is 1. The van der Waals surface area contributed by atoms with Crippen LogP contribution in [0.25, 0.3) is 0 Å². The lowest BCUT2D eigenvalue weighted by Crippen LogP contribution is -2.30. The largest absolute Gasteiger partial charge is 0.449 e. The van der Waals surface area contributed by atoms with Crippen molar-refractivity contribution in [2.45, 2.75) is 26.9 Å². The molecule has 0 radical (unpaired) electrons. The van der Waals surface area contributed by atoms with Gasteiger partial charge in [-0.2, -0.15) is 0 Å². The molecule has 0 saturated heterocycles. The molecule has 0 fully saturated rings. The van der Waals surface area contributed by atoms with Gasteiger partial charge in [0.05, 0.1) is 5.56 Å². The molecule has 23 heavy (non-hydrogen) atoms. The number of nitrogens with one attached hydrogen (secondary N) is 1.